The minimum atomic E-state index is 0.694. The van der Waals surface area contributed by atoms with Gasteiger partial charge >= 0.3 is 0 Å². The van der Waals surface area contributed by atoms with Crippen LogP contribution < -0.4 is 10.2 Å². The first-order valence-electron chi connectivity index (χ1n) is 2.83. The molecule has 0 bridgehead atoms. The van der Waals surface area contributed by atoms with Crippen molar-refractivity contribution in [3.8, 4) is 5.75 Å². The number of hydrogen-bond acceptors (Lipinski definition) is 1. The first kappa shape index (κ1) is 7.67. The maximum atomic E-state index is 5.57. The number of halogens is 1. The van der Waals surface area contributed by atoms with Gasteiger partial charge < -0.3 is 4.74 Å². The topological polar surface area (TPSA) is 9.23 Å². The van der Waals surface area contributed by atoms with E-state index in [0.29, 0.717) is 5.46 Å². The molecule has 0 amide bonds. The maximum Gasteiger partial charge on any atom is 0.118 e. The van der Waals surface area contributed by atoms with E-state index in [1.165, 1.54) is 0 Å². The maximum absolute atomic E-state index is 5.57. The predicted molar refractivity (Wildman–Crippen MR) is 46.1 cm³/mol. The molecular formula is C7H6BBrO. The van der Waals surface area contributed by atoms with Crippen LogP contribution in [0.15, 0.2) is 22.7 Å². The van der Waals surface area contributed by atoms with Gasteiger partial charge in [0.15, 0.2) is 0 Å². The van der Waals surface area contributed by atoms with Gasteiger partial charge in [0.1, 0.15) is 13.6 Å². The summed E-state index contributed by atoms with van der Waals surface area (Å²) >= 11 is 3.28. The van der Waals surface area contributed by atoms with E-state index in [1.807, 2.05) is 12.1 Å². The highest BCUT2D eigenvalue weighted by Crippen LogP contribution is 2.12. The molecule has 0 fully saturated rings. The smallest absolute Gasteiger partial charge is 0.118 e. The highest BCUT2D eigenvalue weighted by molar-refractivity contribution is 9.10. The first-order valence-corrected chi connectivity index (χ1v) is 3.62. The number of rotatable bonds is 1. The molecule has 1 aromatic carbocycles. The zero-order valence-electron chi connectivity index (χ0n) is 5.60. The summed E-state index contributed by atoms with van der Waals surface area (Å²) in [5.74, 6) is 0.778. The summed E-state index contributed by atoms with van der Waals surface area (Å²) in [7, 11) is 7.18. The van der Waals surface area contributed by atoms with Crippen LogP contribution in [0.1, 0.15) is 0 Å². The van der Waals surface area contributed by atoms with Crippen LogP contribution in [-0.2, 0) is 0 Å². The second-order valence-corrected chi connectivity index (χ2v) is 2.74. The highest BCUT2D eigenvalue weighted by Gasteiger charge is 1.94. The minimum absolute atomic E-state index is 0.694. The fourth-order valence-corrected chi connectivity index (χ4v) is 0.895. The van der Waals surface area contributed by atoms with E-state index in [4.69, 9.17) is 12.6 Å². The molecule has 1 rings (SSSR count). The van der Waals surface area contributed by atoms with Crippen molar-refractivity contribution in [1.29, 1.82) is 0 Å². The summed E-state index contributed by atoms with van der Waals surface area (Å²) < 4.78 is 5.85. The Balaban J connectivity index is 3.04. The molecule has 0 heterocycles. The number of ether oxygens (including phenoxy) is 1. The Morgan fingerprint density at radius 2 is 2.20 bits per heavy atom. The van der Waals surface area contributed by atoms with Gasteiger partial charge in [-0.3, -0.25) is 0 Å². The summed E-state index contributed by atoms with van der Waals surface area (Å²) in [6.45, 7) is 0. The average molecular weight is 197 g/mol. The van der Waals surface area contributed by atoms with E-state index >= 15 is 0 Å². The van der Waals surface area contributed by atoms with Crippen molar-refractivity contribution in [2.75, 3.05) is 7.11 Å². The quantitative estimate of drug-likeness (QED) is 0.615. The van der Waals surface area contributed by atoms with Crippen molar-refractivity contribution >= 4 is 29.2 Å². The molecule has 1 nitrogen and oxygen atoms in total. The summed E-state index contributed by atoms with van der Waals surface area (Å²) in [6, 6.07) is 5.47. The number of benzene rings is 1. The Morgan fingerprint density at radius 1 is 1.50 bits per heavy atom. The van der Waals surface area contributed by atoms with Gasteiger partial charge in [0, 0.05) is 4.47 Å². The molecule has 0 saturated heterocycles. The number of methoxy groups -OCH3 is 1. The summed E-state index contributed by atoms with van der Waals surface area (Å²) in [5.41, 5.74) is 0.694. The second kappa shape index (κ2) is 3.10. The molecule has 0 saturated carbocycles. The third-order valence-corrected chi connectivity index (χ3v) is 1.93. The molecule has 10 heavy (non-hydrogen) atoms. The Morgan fingerprint density at radius 3 is 2.70 bits per heavy atom. The van der Waals surface area contributed by atoms with E-state index in [-0.39, 0.29) is 0 Å². The van der Waals surface area contributed by atoms with E-state index in [2.05, 4.69) is 15.9 Å². The van der Waals surface area contributed by atoms with Crippen LogP contribution in [-0.4, -0.2) is 15.0 Å². The van der Waals surface area contributed by atoms with Crippen molar-refractivity contribution < 1.29 is 4.74 Å². The fraction of sp³-hybridized carbons (Fsp3) is 0.143. The molecule has 3 heteroatoms. The van der Waals surface area contributed by atoms with Crippen LogP contribution in [0.25, 0.3) is 0 Å². The van der Waals surface area contributed by atoms with Crippen LogP contribution in [0, 0.1) is 0 Å². The molecule has 2 radical (unpaired) electrons. The lowest BCUT2D eigenvalue weighted by atomic mass is 9.96. The van der Waals surface area contributed by atoms with Crippen molar-refractivity contribution in [1.82, 2.24) is 0 Å². The van der Waals surface area contributed by atoms with Crippen LogP contribution in [0.3, 0.4) is 0 Å². The molecule has 0 spiro atoms. The fourth-order valence-electron chi connectivity index (χ4n) is 0.649. The molecule has 0 aliphatic heterocycles. The third kappa shape index (κ3) is 1.54. The summed E-state index contributed by atoms with van der Waals surface area (Å²) in [6.07, 6.45) is 0. The van der Waals surface area contributed by atoms with Crippen LogP contribution in [0.2, 0.25) is 0 Å². The zero-order chi connectivity index (χ0) is 7.56. The highest BCUT2D eigenvalue weighted by atomic mass is 79.9. The standard InChI is InChI=1S/C7H6BBrO/c1-10-5-2-3-7(9)6(8)4-5/h2-4H,1H3. The Bertz CT molecular complexity index is 237. The van der Waals surface area contributed by atoms with Gasteiger partial charge in [0.2, 0.25) is 0 Å². The Kier molecular flexibility index (Phi) is 2.38. The van der Waals surface area contributed by atoms with E-state index in [1.54, 1.807) is 13.2 Å². The second-order valence-electron chi connectivity index (χ2n) is 1.89. The van der Waals surface area contributed by atoms with Gasteiger partial charge in [-0.25, -0.2) is 0 Å². The minimum Gasteiger partial charge on any atom is -0.497 e. The lowest BCUT2D eigenvalue weighted by molar-refractivity contribution is 0.415. The molecule has 50 valence electrons. The predicted octanol–water partition coefficient (Wildman–Crippen LogP) is 1.25. The third-order valence-electron chi connectivity index (χ3n) is 1.20. The largest absolute Gasteiger partial charge is 0.497 e. The first-order chi connectivity index (χ1) is 4.74. The van der Waals surface area contributed by atoms with E-state index < -0.39 is 0 Å². The van der Waals surface area contributed by atoms with Crippen molar-refractivity contribution in [2.45, 2.75) is 0 Å². The van der Waals surface area contributed by atoms with Gasteiger partial charge in [0.25, 0.3) is 0 Å². The van der Waals surface area contributed by atoms with Gasteiger partial charge in [-0.2, -0.15) is 0 Å². The van der Waals surface area contributed by atoms with Crippen LogP contribution in [0.5, 0.6) is 5.75 Å². The Hall–Kier alpha value is -0.435. The summed E-state index contributed by atoms with van der Waals surface area (Å²) in [4.78, 5) is 0. The average Bonchev–Trinajstić information content (AvgIpc) is 1.95. The molecule has 1 aromatic rings. The van der Waals surface area contributed by atoms with Crippen molar-refractivity contribution in [2.24, 2.45) is 0 Å². The van der Waals surface area contributed by atoms with Crippen molar-refractivity contribution in [3.05, 3.63) is 22.7 Å². The van der Waals surface area contributed by atoms with Crippen molar-refractivity contribution in [3.63, 3.8) is 0 Å². The van der Waals surface area contributed by atoms with Crippen LogP contribution in [0.4, 0.5) is 0 Å². The van der Waals surface area contributed by atoms with E-state index in [9.17, 15) is 0 Å². The number of hydrogen-bond donors (Lipinski definition) is 0. The molecular weight excluding hydrogens is 191 g/mol. The lowest BCUT2D eigenvalue weighted by Gasteiger charge is -2.01. The SMILES string of the molecule is [B]c1cc(OC)ccc1Br. The van der Waals surface area contributed by atoms with Gasteiger partial charge in [-0.15, -0.1) is 0 Å². The molecule has 0 unspecified atom stereocenters. The van der Waals surface area contributed by atoms with Crippen LogP contribution >= 0.6 is 15.9 Å². The lowest BCUT2D eigenvalue weighted by Crippen LogP contribution is -2.03. The zero-order valence-corrected chi connectivity index (χ0v) is 7.18. The normalized spacial score (nSPS) is 9.40. The van der Waals surface area contributed by atoms with Gasteiger partial charge in [0.05, 0.1) is 7.11 Å². The molecule has 0 aromatic heterocycles. The molecule has 0 N–H and O–H groups in total. The van der Waals surface area contributed by atoms with E-state index in [0.717, 1.165) is 10.2 Å². The van der Waals surface area contributed by atoms with Gasteiger partial charge in [-0.1, -0.05) is 21.4 Å². The Labute approximate surface area is 69.9 Å². The van der Waals surface area contributed by atoms with Gasteiger partial charge in [-0.05, 0) is 18.2 Å². The molecule has 0 aliphatic rings. The molecule has 0 aliphatic carbocycles. The molecule has 0 atom stereocenters. The summed E-state index contributed by atoms with van der Waals surface area (Å²) in [5, 5.41) is 0. The monoisotopic (exact) mass is 196 g/mol.